The van der Waals surface area contributed by atoms with Gasteiger partial charge >= 0.3 is 7.12 Å². The summed E-state index contributed by atoms with van der Waals surface area (Å²) in [6.07, 6.45) is 6.26. The molecule has 2 aromatic heterocycles. The molecule has 0 fully saturated rings. The number of hydrogen-bond acceptors (Lipinski definition) is 3. The second kappa shape index (κ2) is 9.96. The fourth-order valence-corrected chi connectivity index (χ4v) is 7.45. The standard InChI is InChI=1S/C40H32BNO3/c1-5-12-33-26(6-2)30-23-37-32(22-34(30)40(33,3)4)31-21-24(19-20-36(31)42(37)25-13-8-7-9-14-25)27-15-10-16-28-29-17-11-18-35(41(43)44)39(29)45-38(27)28/h5-23,43-44H,1H2,2-4H3/b26-6-,33-12?. The van der Waals surface area contributed by atoms with Crippen LogP contribution < -0.4 is 5.46 Å². The fraction of sp³-hybridized carbons (Fsp3) is 0.100. The van der Waals surface area contributed by atoms with E-state index in [9.17, 15) is 10.0 Å². The van der Waals surface area contributed by atoms with Crippen molar-refractivity contribution in [2.45, 2.75) is 26.2 Å². The van der Waals surface area contributed by atoms with Gasteiger partial charge in [-0.15, -0.1) is 0 Å². The van der Waals surface area contributed by atoms with E-state index in [2.05, 4.69) is 111 Å². The van der Waals surface area contributed by atoms with Gasteiger partial charge in [-0.1, -0.05) is 99.3 Å². The summed E-state index contributed by atoms with van der Waals surface area (Å²) in [6, 6.07) is 33.5. The SMILES string of the molecule is C=CC=C1/C(=C\C)c2cc3c(cc2C1(C)C)c1cc(-c2cccc4c2oc2c(B(O)O)cccc24)ccc1n3-c1ccccc1. The summed E-state index contributed by atoms with van der Waals surface area (Å²) >= 11 is 0. The number of hydrogen-bond donors (Lipinski definition) is 2. The molecule has 0 radical (unpaired) electrons. The van der Waals surface area contributed by atoms with E-state index in [-0.39, 0.29) is 5.41 Å². The minimum absolute atomic E-state index is 0.173. The van der Waals surface area contributed by atoms with Gasteiger partial charge in [0.1, 0.15) is 11.2 Å². The zero-order chi connectivity index (χ0) is 31.0. The van der Waals surface area contributed by atoms with Crippen LogP contribution in [0.1, 0.15) is 31.9 Å². The summed E-state index contributed by atoms with van der Waals surface area (Å²) in [6.45, 7) is 10.7. The van der Waals surface area contributed by atoms with Gasteiger partial charge in [0.2, 0.25) is 0 Å². The maximum absolute atomic E-state index is 10.0. The maximum atomic E-state index is 10.0. The van der Waals surface area contributed by atoms with Crippen molar-refractivity contribution in [3.05, 3.63) is 139 Å². The molecule has 0 aliphatic heterocycles. The van der Waals surface area contributed by atoms with E-state index in [0.717, 1.165) is 49.6 Å². The summed E-state index contributed by atoms with van der Waals surface area (Å²) in [4.78, 5) is 0. The highest BCUT2D eigenvalue weighted by Crippen LogP contribution is 2.52. The first-order valence-electron chi connectivity index (χ1n) is 15.3. The Morgan fingerprint density at radius 3 is 2.22 bits per heavy atom. The molecule has 1 aliphatic carbocycles. The van der Waals surface area contributed by atoms with Crippen LogP contribution in [-0.2, 0) is 5.41 Å². The second-order valence-electron chi connectivity index (χ2n) is 12.3. The molecule has 0 spiro atoms. The number of furan rings is 1. The van der Waals surface area contributed by atoms with Gasteiger partial charge < -0.3 is 19.0 Å². The number of allylic oxidation sites excluding steroid dienone is 5. The monoisotopic (exact) mass is 585 g/mol. The number of fused-ring (bicyclic) bond motifs is 7. The van der Waals surface area contributed by atoms with E-state index in [1.54, 1.807) is 6.07 Å². The molecule has 2 N–H and O–H groups in total. The minimum Gasteiger partial charge on any atom is -0.456 e. The largest absolute Gasteiger partial charge is 0.492 e. The Morgan fingerprint density at radius 2 is 1.49 bits per heavy atom. The second-order valence-corrected chi connectivity index (χ2v) is 12.3. The van der Waals surface area contributed by atoms with Crippen LogP contribution >= 0.6 is 0 Å². The molecule has 5 heteroatoms. The van der Waals surface area contributed by atoms with Gasteiger partial charge in [0.15, 0.2) is 0 Å². The topological polar surface area (TPSA) is 58.5 Å². The minimum atomic E-state index is -1.62. The van der Waals surface area contributed by atoms with E-state index in [4.69, 9.17) is 4.42 Å². The Hall–Kier alpha value is -5.10. The Morgan fingerprint density at radius 1 is 0.756 bits per heavy atom. The molecule has 0 saturated heterocycles. The Labute approximate surface area is 262 Å². The molecule has 7 aromatic rings. The summed E-state index contributed by atoms with van der Waals surface area (Å²) < 4.78 is 8.77. The average molecular weight is 586 g/mol. The third kappa shape index (κ3) is 3.88. The van der Waals surface area contributed by atoms with Gasteiger partial charge in [0, 0.05) is 43.7 Å². The lowest BCUT2D eigenvalue weighted by atomic mass is 9.79. The summed E-state index contributed by atoms with van der Waals surface area (Å²) in [5.74, 6) is 0. The first kappa shape index (κ1) is 27.5. The van der Waals surface area contributed by atoms with Gasteiger partial charge in [-0.05, 0) is 71.2 Å². The van der Waals surface area contributed by atoms with E-state index < -0.39 is 7.12 Å². The Balaban J connectivity index is 1.44. The fourth-order valence-electron chi connectivity index (χ4n) is 7.45. The lowest BCUT2D eigenvalue weighted by molar-refractivity contribution is 0.425. The van der Waals surface area contributed by atoms with Crippen molar-refractivity contribution in [2.24, 2.45) is 0 Å². The molecule has 0 bridgehead atoms. The number of benzene rings is 5. The van der Waals surface area contributed by atoms with Crippen LogP contribution in [0.5, 0.6) is 0 Å². The van der Waals surface area contributed by atoms with E-state index in [0.29, 0.717) is 11.0 Å². The maximum Gasteiger partial charge on any atom is 0.492 e. The smallest absolute Gasteiger partial charge is 0.456 e. The van der Waals surface area contributed by atoms with Crippen LogP contribution in [0.25, 0.3) is 66.1 Å². The molecule has 2 heterocycles. The Bertz CT molecular complexity index is 2400. The van der Waals surface area contributed by atoms with E-state index in [1.165, 1.54) is 27.7 Å². The highest BCUT2D eigenvalue weighted by molar-refractivity contribution is 6.61. The van der Waals surface area contributed by atoms with Crippen molar-refractivity contribution in [1.82, 2.24) is 4.57 Å². The third-order valence-corrected chi connectivity index (χ3v) is 9.56. The number of nitrogens with zero attached hydrogens (tertiary/aromatic N) is 1. The predicted octanol–water partition coefficient (Wildman–Crippen LogP) is 8.84. The molecule has 4 nitrogen and oxygen atoms in total. The highest BCUT2D eigenvalue weighted by atomic mass is 16.4. The van der Waals surface area contributed by atoms with Crippen molar-refractivity contribution in [1.29, 1.82) is 0 Å². The molecule has 45 heavy (non-hydrogen) atoms. The lowest BCUT2D eigenvalue weighted by Crippen LogP contribution is -2.29. The van der Waals surface area contributed by atoms with E-state index >= 15 is 0 Å². The van der Waals surface area contributed by atoms with Gasteiger partial charge in [0.05, 0.1) is 11.0 Å². The van der Waals surface area contributed by atoms with Crippen molar-refractivity contribution in [3.8, 4) is 16.8 Å². The molecule has 1 aliphatic rings. The van der Waals surface area contributed by atoms with Crippen LogP contribution in [0.15, 0.2) is 132 Å². The normalized spacial score (nSPS) is 16.0. The van der Waals surface area contributed by atoms with Gasteiger partial charge in [-0.25, -0.2) is 0 Å². The van der Waals surface area contributed by atoms with Crippen LogP contribution in [-0.4, -0.2) is 21.7 Å². The molecule has 0 saturated carbocycles. The zero-order valence-electron chi connectivity index (χ0n) is 25.5. The highest BCUT2D eigenvalue weighted by Gasteiger charge is 2.38. The van der Waals surface area contributed by atoms with Crippen molar-refractivity contribution >= 4 is 61.9 Å². The summed E-state index contributed by atoms with van der Waals surface area (Å²) in [5.41, 5.74) is 11.9. The first-order valence-corrected chi connectivity index (χ1v) is 15.3. The van der Waals surface area contributed by atoms with Crippen LogP contribution in [0, 0.1) is 0 Å². The summed E-state index contributed by atoms with van der Waals surface area (Å²) in [7, 11) is -1.62. The van der Waals surface area contributed by atoms with Gasteiger partial charge in [-0.2, -0.15) is 0 Å². The molecule has 5 aromatic carbocycles. The first-order chi connectivity index (χ1) is 21.8. The summed E-state index contributed by atoms with van der Waals surface area (Å²) in [5, 5.41) is 24.2. The van der Waals surface area contributed by atoms with E-state index in [1.807, 2.05) is 30.3 Å². The van der Waals surface area contributed by atoms with Crippen LogP contribution in [0.2, 0.25) is 0 Å². The molecule has 8 rings (SSSR count). The quantitative estimate of drug-likeness (QED) is 0.203. The van der Waals surface area contributed by atoms with Crippen molar-refractivity contribution < 1.29 is 14.5 Å². The number of aromatic nitrogens is 1. The van der Waals surface area contributed by atoms with Crippen LogP contribution in [0.3, 0.4) is 0 Å². The molecule has 218 valence electrons. The van der Waals surface area contributed by atoms with Crippen molar-refractivity contribution in [3.63, 3.8) is 0 Å². The van der Waals surface area contributed by atoms with Gasteiger partial charge in [0.25, 0.3) is 0 Å². The number of para-hydroxylation sites is 3. The van der Waals surface area contributed by atoms with Crippen molar-refractivity contribution in [2.75, 3.05) is 0 Å². The lowest BCUT2D eigenvalue weighted by Gasteiger charge is -2.22. The molecular weight excluding hydrogens is 553 g/mol. The predicted molar refractivity (Wildman–Crippen MR) is 188 cm³/mol. The Kier molecular flexibility index (Phi) is 6.08. The molecule has 0 unspecified atom stereocenters. The van der Waals surface area contributed by atoms with Gasteiger partial charge in [-0.3, -0.25) is 0 Å². The average Bonchev–Trinajstić information content (AvgIpc) is 3.65. The molecule has 0 atom stereocenters. The molecule has 0 amide bonds. The third-order valence-electron chi connectivity index (χ3n) is 9.56. The molecular formula is C40H32BNO3. The number of rotatable bonds is 4. The van der Waals surface area contributed by atoms with Crippen LogP contribution in [0.4, 0.5) is 0 Å². The zero-order valence-corrected chi connectivity index (χ0v) is 25.5.